The number of pyridine rings is 1. The lowest BCUT2D eigenvalue weighted by atomic mass is 10.0. The van der Waals surface area contributed by atoms with Crippen LogP contribution in [0.1, 0.15) is 0 Å². The summed E-state index contributed by atoms with van der Waals surface area (Å²) in [5.41, 5.74) is 7.10. The summed E-state index contributed by atoms with van der Waals surface area (Å²) in [6.45, 7) is 0. The largest absolute Gasteiger partial charge is 0.456 e. The van der Waals surface area contributed by atoms with E-state index in [-0.39, 0.29) is 0 Å². The van der Waals surface area contributed by atoms with Crippen LogP contribution in [-0.2, 0) is 0 Å². The van der Waals surface area contributed by atoms with Crippen molar-refractivity contribution in [2.75, 3.05) is 0 Å². The molecule has 0 saturated carbocycles. The van der Waals surface area contributed by atoms with Crippen molar-refractivity contribution in [2.45, 2.75) is 0 Å². The number of para-hydroxylation sites is 2. The number of hydrogen-bond donors (Lipinski definition) is 0. The van der Waals surface area contributed by atoms with Gasteiger partial charge in [0.25, 0.3) is 0 Å². The fraction of sp³-hybridized carbons (Fsp3) is 0. The van der Waals surface area contributed by atoms with Crippen LogP contribution in [0, 0.1) is 0 Å². The Labute approximate surface area is 228 Å². The van der Waals surface area contributed by atoms with Crippen molar-refractivity contribution in [1.29, 1.82) is 0 Å². The maximum atomic E-state index is 6.24. The third kappa shape index (κ3) is 3.64. The summed E-state index contributed by atoms with van der Waals surface area (Å²) >= 11 is 0. The molecule has 0 spiro atoms. The molecular weight excluding hydrogens is 496 g/mol. The highest BCUT2D eigenvalue weighted by Gasteiger charge is 2.17. The van der Waals surface area contributed by atoms with Gasteiger partial charge in [0.1, 0.15) is 16.9 Å². The van der Waals surface area contributed by atoms with Gasteiger partial charge in [0.2, 0.25) is 6.33 Å². The molecule has 0 atom stereocenters. The van der Waals surface area contributed by atoms with Gasteiger partial charge in [-0.25, -0.2) is 9.97 Å². The van der Waals surface area contributed by atoms with Gasteiger partial charge in [0, 0.05) is 27.9 Å². The molecule has 4 aromatic carbocycles. The first-order chi connectivity index (χ1) is 19.8. The molecule has 0 bridgehead atoms. The number of furan rings is 1. The van der Waals surface area contributed by atoms with Gasteiger partial charge in [-0.2, -0.15) is 0 Å². The maximum absolute atomic E-state index is 6.24. The average Bonchev–Trinajstić information content (AvgIpc) is 3.66. The van der Waals surface area contributed by atoms with Crippen LogP contribution in [-0.4, -0.2) is 24.6 Å². The van der Waals surface area contributed by atoms with E-state index >= 15 is 0 Å². The van der Waals surface area contributed by atoms with E-state index in [0.717, 1.165) is 61.2 Å². The van der Waals surface area contributed by atoms with E-state index in [4.69, 9.17) is 14.4 Å². The number of rotatable bonds is 4. The molecule has 8 aromatic rings. The number of aromatic nitrogens is 6. The quantitative estimate of drug-likeness (QED) is 0.242. The van der Waals surface area contributed by atoms with Crippen molar-refractivity contribution in [3.8, 4) is 34.2 Å². The van der Waals surface area contributed by atoms with Crippen molar-refractivity contribution in [1.82, 2.24) is 24.6 Å². The Bertz CT molecular complexity index is 2170. The van der Waals surface area contributed by atoms with Gasteiger partial charge in [-0.3, -0.25) is 4.98 Å². The average molecular weight is 518 g/mol. The highest BCUT2D eigenvalue weighted by Crippen LogP contribution is 2.35. The van der Waals surface area contributed by atoms with Crippen molar-refractivity contribution < 1.29 is 9.10 Å². The van der Waals surface area contributed by atoms with Crippen LogP contribution in [0.25, 0.3) is 67.0 Å². The van der Waals surface area contributed by atoms with Crippen molar-refractivity contribution in [3.05, 3.63) is 128 Å². The number of fused-ring (bicyclic) bond motifs is 4. The summed E-state index contributed by atoms with van der Waals surface area (Å²) in [4.78, 5) is 18.7. The van der Waals surface area contributed by atoms with E-state index in [1.165, 1.54) is 0 Å². The monoisotopic (exact) mass is 517 g/mol. The Balaban J connectivity index is 1.31. The Kier molecular flexibility index (Phi) is 4.99. The van der Waals surface area contributed by atoms with Crippen LogP contribution < -0.4 is 4.68 Å². The molecule has 7 nitrogen and oxygen atoms in total. The van der Waals surface area contributed by atoms with Crippen LogP contribution in [0.4, 0.5) is 0 Å². The predicted octanol–water partition coefficient (Wildman–Crippen LogP) is 6.72. The molecule has 40 heavy (non-hydrogen) atoms. The first-order valence-corrected chi connectivity index (χ1v) is 13.0. The second kappa shape index (κ2) is 8.96. The minimum atomic E-state index is 0.597. The predicted molar refractivity (Wildman–Crippen MR) is 154 cm³/mol. The fourth-order valence-corrected chi connectivity index (χ4v) is 5.19. The van der Waals surface area contributed by atoms with E-state index in [1.54, 1.807) is 6.20 Å². The highest BCUT2D eigenvalue weighted by molar-refractivity contribution is 6.07. The molecule has 4 heterocycles. The molecule has 0 aliphatic carbocycles. The highest BCUT2D eigenvalue weighted by atomic mass is 16.3. The summed E-state index contributed by atoms with van der Waals surface area (Å²) in [5.74, 6) is 0.597. The van der Waals surface area contributed by atoms with Crippen LogP contribution in [0.3, 0.4) is 0 Å². The summed E-state index contributed by atoms with van der Waals surface area (Å²) in [6.07, 6.45) is 5.38. The van der Waals surface area contributed by atoms with Crippen LogP contribution in [0.15, 0.2) is 132 Å². The number of benzene rings is 4. The molecule has 8 rings (SSSR count). The van der Waals surface area contributed by atoms with E-state index in [0.29, 0.717) is 5.82 Å². The second-order valence-electron chi connectivity index (χ2n) is 9.53. The van der Waals surface area contributed by atoms with Gasteiger partial charge in [-0.05, 0) is 71.7 Å². The first-order valence-electron chi connectivity index (χ1n) is 13.0. The Morgan fingerprint density at radius 1 is 0.675 bits per heavy atom. The van der Waals surface area contributed by atoms with Crippen LogP contribution in [0.5, 0.6) is 0 Å². The Hall–Kier alpha value is -5.69. The zero-order valence-corrected chi connectivity index (χ0v) is 21.2. The number of hydrogen-bond acceptors (Lipinski definition) is 5. The topological polar surface area (TPSA) is 73.5 Å². The van der Waals surface area contributed by atoms with Gasteiger partial charge in [0.05, 0.1) is 16.9 Å². The van der Waals surface area contributed by atoms with Gasteiger partial charge in [-0.15, -0.1) is 9.36 Å². The molecule has 188 valence electrons. The maximum Gasteiger partial charge on any atom is 0.312 e. The van der Waals surface area contributed by atoms with Crippen molar-refractivity contribution in [2.24, 2.45) is 0 Å². The molecule has 0 fully saturated rings. The normalized spacial score (nSPS) is 11.5. The van der Waals surface area contributed by atoms with E-state index in [9.17, 15) is 0 Å². The SMILES string of the molecule is c1ccc(-n2cnc[n+]2-c2ccc3oc4ccc(-c5nc(-c6ccccn6)nc6ccccc56)cc4c3c2)cc1. The molecule has 0 radical (unpaired) electrons. The lowest BCUT2D eigenvalue weighted by molar-refractivity contribution is -0.675. The fourth-order valence-electron chi connectivity index (χ4n) is 5.19. The van der Waals surface area contributed by atoms with Gasteiger partial charge in [-0.1, -0.05) is 42.5 Å². The summed E-state index contributed by atoms with van der Waals surface area (Å²) in [7, 11) is 0. The lowest BCUT2D eigenvalue weighted by Crippen LogP contribution is -2.38. The Morgan fingerprint density at radius 3 is 2.35 bits per heavy atom. The zero-order valence-electron chi connectivity index (χ0n) is 21.2. The molecule has 7 heteroatoms. The summed E-state index contributed by atoms with van der Waals surface area (Å²) in [6, 6.07) is 36.4. The van der Waals surface area contributed by atoms with Gasteiger partial charge in [0.15, 0.2) is 11.5 Å². The van der Waals surface area contributed by atoms with E-state index in [2.05, 4.69) is 46.4 Å². The molecule has 0 amide bonds. The molecule has 0 unspecified atom stereocenters. The molecular formula is C33H21N6O+. The van der Waals surface area contributed by atoms with Crippen molar-refractivity contribution in [3.63, 3.8) is 0 Å². The van der Waals surface area contributed by atoms with E-state index < -0.39 is 0 Å². The standard InChI is InChI=1S/C33H21N6O/c1-2-8-23(9-3-1)38-20-34-21-39(38)24-14-16-31-27(19-24)26-18-22(13-15-30(26)40-31)32-25-10-4-5-11-28(25)36-33(37-32)29-12-6-7-17-35-29/h1-21H/q+1. The van der Waals surface area contributed by atoms with Gasteiger partial charge >= 0.3 is 6.33 Å². The van der Waals surface area contributed by atoms with Gasteiger partial charge < -0.3 is 4.42 Å². The smallest absolute Gasteiger partial charge is 0.312 e. The zero-order chi connectivity index (χ0) is 26.5. The Morgan fingerprint density at radius 2 is 1.48 bits per heavy atom. The van der Waals surface area contributed by atoms with Crippen LogP contribution in [0.2, 0.25) is 0 Å². The second-order valence-corrected chi connectivity index (χ2v) is 9.53. The minimum Gasteiger partial charge on any atom is -0.456 e. The molecule has 0 aliphatic rings. The summed E-state index contributed by atoms with van der Waals surface area (Å²) in [5, 5.41) is 3.02. The molecule has 0 N–H and O–H groups in total. The molecule has 0 saturated heterocycles. The number of nitrogens with zero attached hydrogens (tertiary/aromatic N) is 6. The third-order valence-corrected chi connectivity index (χ3v) is 7.09. The summed E-state index contributed by atoms with van der Waals surface area (Å²) < 4.78 is 10.3. The van der Waals surface area contributed by atoms with Crippen molar-refractivity contribution >= 4 is 32.8 Å². The van der Waals surface area contributed by atoms with Crippen LogP contribution >= 0.6 is 0 Å². The first kappa shape index (κ1) is 22.3. The van der Waals surface area contributed by atoms with E-state index in [1.807, 2.05) is 94.8 Å². The minimum absolute atomic E-state index is 0.597. The third-order valence-electron chi connectivity index (χ3n) is 7.09. The molecule has 4 aromatic heterocycles. The molecule has 0 aliphatic heterocycles. The lowest BCUT2D eigenvalue weighted by Gasteiger charge is -2.09.